The summed E-state index contributed by atoms with van der Waals surface area (Å²) in [6.45, 7) is 4.98. The number of hydrogen-bond donors (Lipinski definition) is 0. The fraction of sp³-hybridized carbons (Fsp3) is 0.667. The molecule has 3 atom stereocenters. The molecule has 2 aliphatic carbocycles. The Bertz CT molecular complexity index is 558. The molecule has 130 valence electrons. The summed E-state index contributed by atoms with van der Waals surface area (Å²) in [5, 5.41) is 0. The van der Waals surface area contributed by atoms with Crippen LogP contribution in [-0.4, -0.2) is 41.9 Å². The van der Waals surface area contributed by atoms with Crippen molar-refractivity contribution in [2.24, 2.45) is 17.8 Å². The van der Waals surface area contributed by atoms with Crippen molar-refractivity contribution < 1.29 is 4.79 Å². The van der Waals surface area contributed by atoms with Crippen molar-refractivity contribution in [1.82, 2.24) is 9.80 Å². The lowest BCUT2D eigenvalue weighted by molar-refractivity contribution is -0.132. The van der Waals surface area contributed by atoms with Gasteiger partial charge in [-0.2, -0.15) is 0 Å². The standard InChI is InChI=1S/C21H30N2O/c24-21(15-20-14-18-7-8-19(20)13-18)23-10-4-9-22(11-12-23)16-17-5-2-1-3-6-17/h1-3,5-6,18-20H,4,7-16H2. The van der Waals surface area contributed by atoms with Gasteiger partial charge in [0.1, 0.15) is 0 Å². The second-order valence-electron chi connectivity index (χ2n) is 8.14. The van der Waals surface area contributed by atoms with E-state index in [9.17, 15) is 4.79 Å². The number of hydrogen-bond acceptors (Lipinski definition) is 2. The molecule has 4 rings (SSSR count). The quantitative estimate of drug-likeness (QED) is 0.845. The summed E-state index contributed by atoms with van der Waals surface area (Å²) in [5.41, 5.74) is 1.37. The van der Waals surface area contributed by atoms with Crippen molar-refractivity contribution in [3.63, 3.8) is 0 Å². The van der Waals surface area contributed by atoms with Gasteiger partial charge in [0.2, 0.25) is 5.91 Å². The first-order chi connectivity index (χ1) is 11.8. The van der Waals surface area contributed by atoms with Gasteiger partial charge in [-0.05, 0) is 49.0 Å². The van der Waals surface area contributed by atoms with Gasteiger partial charge in [-0.15, -0.1) is 0 Å². The molecule has 1 amide bonds. The van der Waals surface area contributed by atoms with Crippen LogP contribution in [0.5, 0.6) is 0 Å². The van der Waals surface area contributed by atoms with E-state index >= 15 is 0 Å². The van der Waals surface area contributed by atoms with E-state index in [4.69, 9.17) is 0 Å². The number of rotatable bonds is 4. The van der Waals surface area contributed by atoms with Crippen molar-refractivity contribution in [3.05, 3.63) is 35.9 Å². The van der Waals surface area contributed by atoms with Crippen molar-refractivity contribution in [2.75, 3.05) is 26.2 Å². The van der Waals surface area contributed by atoms with Gasteiger partial charge in [-0.25, -0.2) is 0 Å². The zero-order valence-corrected chi connectivity index (χ0v) is 14.7. The molecule has 1 aromatic rings. The minimum Gasteiger partial charge on any atom is -0.341 e. The number of amides is 1. The molecule has 1 heterocycles. The third-order valence-electron chi connectivity index (χ3n) is 6.51. The molecule has 24 heavy (non-hydrogen) atoms. The minimum atomic E-state index is 0.425. The van der Waals surface area contributed by atoms with Crippen LogP contribution in [0.25, 0.3) is 0 Å². The third kappa shape index (κ3) is 3.66. The minimum absolute atomic E-state index is 0.425. The largest absolute Gasteiger partial charge is 0.341 e. The fourth-order valence-corrected chi connectivity index (χ4v) is 5.20. The van der Waals surface area contributed by atoms with Crippen LogP contribution < -0.4 is 0 Å². The van der Waals surface area contributed by atoms with E-state index < -0.39 is 0 Å². The maximum absolute atomic E-state index is 12.8. The van der Waals surface area contributed by atoms with Crippen LogP contribution in [0.15, 0.2) is 30.3 Å². The highest BCUT2D eigenvalue weighted by atomic mass is 16.2. The summed E-state index contributed by atoms with van der Waals surface area (Å²) in [4.78, 5) is 17.4. The van der Waals surface area contributed by atoms with Crippen molar-refractivity contribution in [2.45, 2.75) is 45.1 Å². The van der Waals surface area contributed by atoms with Gasteiger partial charge in [-0.1, -0.05) is 36.8 Å². The van der Waals surface area contributed by atoms with Crippen molar-refractivity contribution in [1.29, 1.82) is 0 Å². The zero-order valence-electron chi connectivity index (χ0n) is 14.7. The first-order valence-electron chi connectivity index (χ1n) is 9.82. The molecule has 1 aliphatic heterocycles. The second kappa shape index (κ2) is 7.26. The third-order valence-corrected chi connectivity index (χ3v) is 6.51. The Hall–Kier alpha value is -1.35. The first-order valence-corrected chi connectivity index (χ1v) is 9.82. The number of nitrogens with zero attached hydrogens (tertiary/aromatic N) is 2. The number of benzene rings is 1. The molecular weight excluding hydrogens is 296 g/mol. The van der Waals surface area contributed by atoms with Crippen molar-refractivity contribution >= 4 is 5.91 Å². The normalized spacial score (nSPS) is 30.5. The second-order valence-corrected chi connectivity index (χ2v) is 8.14. The maximum atomic E-state index is 12.8. The van der Waals surface area contributed by atoms with Gasteiger partial charge in [0.15, 0.2) is 0 Å². The van der Waals surface area contributed by atoms with Crippen LogP contribution in [0.3, 0.4) is 0 Å². The van der Waals surface area contributed by atoms with E-state index in [1.807, 2.05) is 0 Å². The van der Waals surface area contributed by atoms with E-state index in [-0.39, 0.29) is 0 Å². The highest BCUT2D eigenvalue weighted by Gasteiger charge is 2.40. The molecular formula is C21H30N2O. The molecule has 1 aromatic carbocycles. The van der Waals surface area contributed by atoms with E-state index in [0.717, 1.165) is 57.4 Å². The Balaban J connectivity index is 1.27. The van der Waals surface area contributed by atoms with E-state index in [2.05, 4.69) is 40.1 Å². The van der Waals surface area contributed by atoms with Crippen LogP contribution >= 0.6 is 0 Å². The van der Waals surface area contributed by atoms with Gasteiger partial charge >= 0.3 is 0 Å². The Kier molecular flexibility index (Phi) is 4.88. The van der Waals surface area contributed by atoms with Gasteiger partial charge in [-0.3, -0.25) is 9.69 Å². The molecule has 1 saturated heterocycles. The molecule has 3 nitrogen and oxygen atoms in total. The van der Waals surface area contributed by atoms with Gasteiger partial charge in [0, 0.05) is 39.1 Å². The number of carbonyl (C=O) groups is 1. The highest BCUT2D eigenvalue weighted by Crippen LogP contribution is 2.49. The van der Waals surface area contributed by atoms with Crippen molar-refractivity contribution in [3.8, 4) is 0 Å². The average Bonchev–Trinajstić information content (AvgIpc) is 3.13. The monoisotopic (exact) mass is 326 g/mol. The predicted molar refractivity (Wildman–Crippen MR) is 96.5 cm³/mol. The van der Waals surface area contributed by atoms with E-state index in [1.165, 1.54) is 31.2 Å². The van der Waals surface area contributed by atoms with Gasteiger partial charge < -0.3 is 4.90 Å². The molecule has 3 heteroatoms. The lowest BCUT2D eigenvalue weighted by Gasteiger charge is -2.26. The summed E-state index contributed by atoms with van der Waals surface area (Å²) >= 11 is 0. The molecule has 0 aromatic heterocycles. The SMILES string of the molecule is O=C(CC1CC2CCC1C2)N1CCCN(Cc2ccccc2)CC1. The van der Waals surface area contributed by atoms with Crippen LogP contribution in [0, 0.1) is 17.8 Å². The summed E-state index contributed by atoms with van der Waals surface area (Å²) in [6, 6.07) is 10.7. The van der Waals surface area contributed by atoms with Crippen LogP contribution in [0.1, 0.15) is 44.1 Å². The lowest BCUT2D eigenvalue weighted by Crippen LogP contribution is -2.36. The Morgan fingerprint density at radius 2 is 1.88 bits per heavy atom. The maximum Gasteiger partial charge on any atom is 0.222 e. The average molecular weight is 326 g/mol. The zero-order chi connectivity index (χ0) is 16.4. The molecule has 3 fully saturated rings. The van der Waals surface area contributed by atoms with Crippen LogP contribution in [0.2, 0.25) is 0 Å². The fourth-order valence-electron chi connectivity index (χ4n) is 5.20. The molecule has 3 aliphatic rings. The lowest BCUT2D eigenvalue weighted by atomic mass is 9.86. The van der Waals surface area contributed by atoms with Crippen LogP contribution in [-0.2, 0) is 11.3 Å². The van der Waals surface area contributed by atoms with E-state index in [0.29, 0.717) is 11.8 Å². The van der Waals surface area contributed by atoms with Crippen LogP contribution in [0.4, 0.5) is 0 Å². The predicted octanol–water partition coefficient (Wildman–Crippen LogP) is 3.55. The smallest absolute Gasteiger partial charge is 0.222 e. The first kappa shape index (κ1) is 16.1. The molecule has 0 spiro atoms. The highest BCUT2D eigenvalue weighted by molar-refractivity contribution is 5.76. The number of fused-ring (bicyclic) bond motifs is 2. The molecule has 0 N–H and O–H groups in total. The Morgan fingerprint density at radius 1 is 1.00 bits per heavy atom. The summed E-state index contributed by atoms with van der Waals surface area (Å²) < 4.78 is 0. The number of carbonyl (C=O) groups excluding carboxylic acids is 1. The molecule has 0 radical (unpaired) electrons. The van der Waals surface area contributed by atoms with Gasteiger partial charge in [0.25, 0.3) is 0 Å². The summed E-state index contributed by atoms with van der Waals surface area (Å²) in [7, 11) is 0. The Labute approximate surface area is 146 Å². The Morgan fingerprint density at radius 3 is 2.62 bits per heavy atom. The topological polar surface area (TPSA) is 23.6 Å². The van der Waals surface area contributed by atoms with Gasteiger partial charge in [0.05, 0.1) is 0 Å². The molecule has 2 bridgehead atoms. The molecule has 3 unspecified atom stereocenters. The van der Waals surface area contributed by atoms with E-state index in [1.54, 1.807) is 0 Å². The summed E-state index contributed by atoms with van der Waals surface area (Å²) in [6.07, 6.45) is 7.46. The summed E-state index contributed by atoms with van der Waals surface area (Å²) in [5.74, 6) is 2.92. The molecule has 2 saturated carbocycles.